The van der Waals surface area contributed by atoms with Crippen molar-refractivity contribution in [2.45, 2.75) is 51.0 Å². The Kier molecular flexibility index (Phi) is 6.69. The maximum absolute atomic E-state index is 13.9. The standard InChI is InChI=1S/C26H29F2N7O2/c1-3-4-12-34-21-23(31-25(34)33-11-7-9-17(29)14-33)32(2)26(37)35(24(21)36)15-20-18-10-6-5-8-16(18)13-19(30-20)22(27)28/h5-6,8,10,13,17,21-23H,7,9,11-12,14-15,29H2,1-2H3/t17-,21?,23?/m1/s1. The van der Waals surface area contributed by atoms with Crippen LogP contribution >= 0.6 is 0 Å². The highest BCUT2D eigenvalue weighted by Crippen LogP contribution is 2.32. The van der Waals surface area contributed by atoms with Crippen molar-refractivity contribution in [2.75, 3.05) is 26.7 Å². The number of rotatable bonds is 4. The molecule has 0 saturated carbocycles. The number of fused-ring (bicyclic) bond motifs is 2. The van der Waals surface area contributed by atoms with Gasteiger partial charge in [0.05, 0.1) is 18.8 Å². The molecule has 0 spiro atoms. The molecule has 2 unspecified atom stereocenters. The van der Waals surface area contributed by atoms with Crippen LogP contribution in [0.2, 0.25) is 0 Å². The highest BCUT2D eigenvalue weighted by molar-refractivity contribution is 6.04. The second-order valence-corrected chi connectivity index (χ2v) is 9.52. The van der Waals surface area contributed by atoms with Gasteiger partial charge in [0.1, 0.15) is 5.69 Å². The molecule has 2 saturated heterocycles. The number of pyridine rings is 1. The van der Waals surface area contributed by atoms with E-state index in [1.807, 2.05) is 4.90 Å². The number of urea groups is 1. The summed E-state index contributed by atoms with van der Waals surface area (Å²) in [6, 6.07) is 6.94. The van der Waals surface area contributed by atoms with Crippen LogP contribution < -0.4 is 5.73 Å². The van der Waals surface area contributed by atoms with Crippen LogP contribution in [0.25, 0.3) is 10.8 Å². The lowest BCUT2D eigenvalue weighted by Crippen LogP contribution is -2.65. The number of aromatic nitrogens is 1. The quantitative estimate of drug-likeness (QED) is 0.636. The van der Waals surface area contributed by atoms with Crippen LogP contribution in [-0.4, -0.2) is 87.4 Å². The van der Waals surface area contributed by atoms with E-state index in [9.17, 15) is 18.4 Å². The monoisotopic (exact) mass is 509 g/mol. The van der Waals surface area contributed by atoms with E-state index in [4.69, 9.17) is 10.7 Å². The maximum Gasteiger partial charge on any atom is 0.328 e. The zero-order chi connectivity index (χ0) is 26.3. The third-order valence-electron chi connectivity index (χ3n) is 7.11. The van der Waals surface area contributed by atoms with Gasteiger partial charge in [-0.25, -0.2) is 23.6 Å². The van der Waals surface area contributed by atoms with Crippen molar-refractivity contribution in [3.63, 3.8) is 0 Å². The number of likely N-dealkylation sites (tertiary alicyclic amines) is 1. The molecule has 3 aliphatic rings. The number of piperidine rings is 1. The number of alkyl halides is 2. The Bertz CT molecular complexity index is 1320. The van der Waals surface area contributed by atoms with E-state index in [1.165, 1.54) is 11.0 Å². The number of carbonyl (C=O) groups is 2. The fourth-order valence-corrected chi connectivity index (χ4v) is 5.27. The van der Waals surface area contributed by atoms with Crippen LogP contribution in [0.1, 0.15) is 37.6 Å². The largest absolute Gasteiger partial charge is 0.341 e. The average molecular weight is 510 g/mol. The first-order valence-electron chi connectivity index (χ1n) is 12.3. The van der Waals surface area contributed by atoms with Gasteiger partial charge in [-0.05, 0) is 31.2 Å². The van der Waals surface area contributed by atoms with Gasteiger partial charge in [-0.1, -0.05) is 30.2 Å². The first-order valence-corrected chi connectivity index (χ1v) is 12.3. The number of halogens is 2. The second kappa shape index (κ2) is 9.94. The molecule has 37 heavy (non-hydrogen) atoms. The number of nitrogens with two attached hydrogens (primary N) is 1. The number of nitrogens with zero attached hydrogens (tertiary/aromatic N) is 6. The van der Waals surface area contributed by atoms with Gasteiger partial charge in [0.2, 0.25) is 0 Å². The SMILES string of the molecule is CC#CCN1C(N2CCC[C@@H](N)C2)=NC2C1C(=O)N(Cc1nc(C(F)F)cc3ccccc13)C(=O)N2C. The van der Waals surface area contributed by atoms with Gasteiger partial charge in [0.15, 0.2) is 18.2 Å². The number of benzene rings is 1. The van der Waals surface area contributed by atoms with Gasteiger partial charge in [-0.15, -0.1) is 5.92 Å². The van der Waals surface area contributed by atoms with E-state index in [0.717, 1.165) is 24.3 Å². The Morgan fingerprint density at radius 3 is 2.76 bits per heavy atom. The number of aliphatic imine (C=N–C) groups is 1. The lowest BCUT2D eigenvalue weighted by molar-refractivity contribution is -0.138. The van der Waals surface area contributed by atoms with Crippen molar-refractivity contribution >= 4 is 28.7 Å². The molecular weight excluding hydrogens is 480 g/mol. The van der Waals surface area contributed by atoms with Crippen LogP contribution in [0.15, 0.2) is 35.3 Å². The van der Waals surface area contributed by atoms with E-state index in [0.29, 0.717) is 23.3 Å². The Labute approximate surface area is 213 Å². The molecule has 0 aliphatic carbocycles. The number of hydrogen-bond donors (Lipinski definition) is 1. The van der Waals surface area contributed by atoms with Gasteiger partial charge in [-0.2, -0.15) is 0 Å². The molecule has 11 heteroatoms. The summed E-state index contributed by atoms with van der Waals surface area (Å²) >= 11 is 0. The lowest BCUT2D eigenvalue weighted by Gasteiger charge is -2.42. The zero-order valence-electron chi connectivity index (χ0n) is 20.8. The Morgan fingerprint density at radius 1 is 1.24 bits per heavy atom. The Balaban J connectivity index is 1.50. The van der Waals surface area contributed by atoms with Gasteiger partial charge in [0, 0.05) is 31.6 Å². The minimum Gasteiger partial charge on any atom is -0.341 e. The minimum absolute atomic E-state index is 0.00813. The summed E-state index contributed by atoms with van der Waals surface area (Å²) in [6.45, 7) is 3.09. The molecule has 1 aromatic carbocycles. The highest BCUT2D eigenvalue weighted by Gasteiger charge is 2.53. The Morgan fingerprint density at radius 2 is 2.03 bits per heavy atom. The number of imide groups is 1. The minimum atomic E-state index is -2.78. The summed E-state index contributed by atoms with van der Waals surface area (Å²) < 4.78 is 27.2. The molecule has 1 aromatic heterocycles. The van der Waals surface area contributed by atoms with Crippen molar-refractivity contribution in [3.05, 3.63) is 41.7 Å². The first-order chi connectivity index (χ1) is 17.8. The smallest absolute Gasteiger partial charge is 0.328 e. The van der Waals surface area contributed by atoms with E-state index in [-0.39, 0.29) is 24.8 Å². The van der Waals surface area contributed by atoms with Crippen molar-refractivity contribution < 1.29 is 18.4 Å². The average Bonchev–Trinajstić information content (AvgIpc) is 3.28. The van der Waals surface area contributed by atoms with Crippen LogP contribution in [0.3, 0.4) is 0 Å². The molecule has 0 radical (unpaired) electrons. The number of likely N-dealkylation sites (N-methyl/N-ethyl adjacent to an activating group) is 1. The normalized spacial score (nSPS) is 23.9. The molecule has 2 fully saturated rings. The van der Waals surface area contributed by atoms with E-state index in [2.05, 4.69) is 21.7 Å². The molecule has 0 bridgehead atoms. The van der Waals surface area contributed by atoms with Crippen molar-refractivity contribution in [3.8, 4) is 11.8 Å². The summed E-state index contributed by atoms with van der Waals surface area (Å²) in [5.41, 5.74) is 6.05. The summed E-state index contributed by atoms with van der Waals surface area (Å²) in [5.74, 6) is 6.04. The molecule has 3 atom stereocenters. The fourth-order valence-electron chi connectivity index (χ4n) is 5.27. The summed E-state index contributed by atoms with van der Waals surface area (Å²) in [5, 5.41) is 1.18. The van der Waals surface area contributed by atoms with Crippen LogP contribution in [0.5, 0.6) is 0 Å². The topological polar surface area (TPSA) is 98.4 Å². The van der Waals surface area contributed by atoms with Gasteiger partial charge >= 0.3 is 6.03 Å². The lowest BCUT2D eigenvalue weighted by atomic mass is 10.1. The van der Waals surface area contributed by atoms with Gasteiger partial charge in [0.25, 0.3) is 12.3 Å². The van der Waals surface area contributed by atoms with E-state index >= 15 is 0 Å². The molecule has 3 amide bonds. The van der Waals surface area contributed by atoms with Crippen LogP contribution in [0, 0.1) is 11.8 Å². The van der Waals surface area contributed by atoms with Crippen LogP contribution in [0.4, 0.5) is 13.6 Å². The number of hydrogen-bond acceptors (Lipinski definition) is 7. The van der Waals surface area contributed by atoms with E-state index < -0.39 is 36.3 Å². The molecule has 4 heterocycles. The molecule has 5 rings (SSSR count). The molecular formula is C26H29F2N7O2. The molecule has 2 N–H and O–H groups in total. The molecule has 9 nitrogen and oxygen atoms in total. The second-order valence-electron chi connectivity index (χ2n) is 9.52. The van der Waals surface area contributed by atoms with Crippen molar-refractivity contribution in [1.82, 2.24) is 24.6 Å². The maximum atomic E-state index is 13.9. The number of guanidine groups is 1. The van der Waals surface area contributed by atoms with Crippen molar-refractivity contribution in [2.24, 2.45) is 10.7 Å². The number of amides is 3. The predicted molar refractivity (Wildman–Crippen MR) is 134 cm³/mol. The first kappa shape index (κ1) is 24.9. The highest BCUT2D eigenvalue weighted by atomic mass is 19.3. The van der Waals surface area contributed by atoms with Gasteiger partial charge in [-0.3, -0.25) is 9.69 Å². The van der Waals surface area contributed by atoms with Crippen molar-refractivity contribution in [1.29, 1.82) is 0 Å². The van der Waals surface area contributed by atoms with Gasteiger partial charge < -0.3 is 20.4 Å². The third-order valence-corrected chi connectivity index (χ3v) is 7.11. The summed E-state index contributed by atoms with van der Waals surface area (Å²) in [6.07, 6.45) is -1.69. The fraction of sp³-hybridized carbons (Fsp3) is 0.462. The predicted octanol–water partition coefficient (Wildman–Crippen LogP) is 2.38. The molecule has 3 aliphatic heterocycles. The zero-order valence-corrected chi connectivity index (χ0v) is 20.8. The Hall–Kier alpha value is -3.78. The van der Waals surface area contributed by atoms with Crippen LogP contribution in [-0.2, 0) is 11.3 Å². The molecule has 2 aromatic rings. The molecule has 194 valence electrons. The summed E-state index contributed by atoms with van der Waals surface area (Å²) in [7, 11) is 1.60. The van der Waals surface area contributed by atoms with E-state index in [1.54, 1.807) is 38.2 Å². The number of carbonyl (C=O) groups excluding carboxylic acids is 2. The summed E-state index contributed by atoms with van der Waals surface area (Å²) in [4.78, 5) is 42.6. The third kappa shape index (κ3) is 4.46.